The smallest absolute Gasteiger partial charge is 0.236 e. The Balaban J connectivity index is 4.45. The van der Waals surface area contributed by atoms with Crippen molar-refractivity contribution in [3.8, 4) is 0 Å². The average Bonchev–Trinajstić information content (AvgIpc) is 2.23. The highest BCUT2D eigenvalue weighted by Gasteiger charge is 1.94. The Bertz CT molecular complexity index is 306. The zero-order chi connectivity index (χ0) is 11.7. The number of allylic oxidation sites excluding steroid dienone is 3. The van der Waals surface area contributed by atoms with E-state index in [1.165, 1.54) is 0 Å². The highest BCUT2D eigenvalue weighted by atomic mass is 16.5. The Morgan fingerprint density at radius 3 is 2.47 bits per heavy atom. The van der Waals surface area contributed by atoms with Crippen molar-refractivity contribution in [1.29, 1.82) is 0 Å². The van der Waals surface area contributed by atoms with Crippen LogP contribution in [0.3, 0.4) is 0 Å². The third kappa shape index (κ3) is 6.38. The second-order valence-corrected chi connectivity index (χ2v) is 2.63. The fourth-order valence-corrected chi connectivity index (χ4v) is 0.780. The lowest BCUT2D eigenvalue weighted by atomic mass is 10.2. The molecule has 3 nitrogen and oxygen atoms in total. The van der Waals surface area contributed by atoms with Crippen LogP contribution >= 0.6 is 0 Å². The Kier molecular flexibility index (Phi) is 6.80. The van der Waals surface area contributed by atoms with Gasteiger partial charge < -0.3 is 10.1 Å². The van der Waals surface area contributed by atoms with Crippen LogP contribution in [-0.4, -0.2) is 27.4 Å². The molecule has 0 atom stereocenters. The van der Waals surface area contributed by atoms with Crippen molar-refractivity contribution in [3.63, 3.8) is 0 Å². The molecule has 0 saturated heterocycles. The first-order chi connectivity index (χ1) is 7.13. The van der Waals surface area contributed by atoms with Gasteiger partial charge in [-0.05, 0) is 17.7 Å². The minimum Gasteiger partial charge on any atom is -0.470 e. The standard InChI is InChI=1S/C11H14BNO2/c1-4-9(8-15-11(12)14)6-7-10(5-2)13-3/h4-7,13H,1-2,8H2,3H3/b9-6+,10-7+. The second kappa shape index (κ2) is 7.68. The molecule has 15 heavy (non-hydrogen) atoms. The van der Waals surface area contributed by atoms with Crippen LogP contribution in [0.15, 0.2) is 48.7 Å². The van der Waals surface area contributed by atoms with Gasteiger partial charge >= 0.3 is 0 Å². The lowest BCUT2D eigenvalue weighted by molar-refractivity contribution is 0.184. The fraction of sp³-hybridized carbons (Fsp3) is 0.182. The first-order valence-corrected chi connectivity index (χ1v) is 4.39. The molecule has 2 radical (unpaired) electrons. The van der Waals surface area contributed by atoms with Crippen LogP contribution < -0.4 is 5.32 Å². The van der Waals surface area contributed by atoms with Gasteiger partial charge in [0.15, 0.2) is 0 Å². The molecule has 4 heteroatoms. The molecule has 0 rings (SSSR count). The van der Waals surface area contributed by atoms with Crippen LogP contribution in [0.1, 0.15) is 0 Å². The molecule has 0 aliphatic heterocycles. The summed E-state index contributed by atoms with van der Waals surface area (Å²) in [6, 6.07) is 0. The first kappa shape index (κ1) is 13.3. The third-order valence-corrected chi connectivity index (χ3v) is 1.63. The number of rotatable bonds is 6. The van der Waals surface area contributed by atoms with Crippen LogP contribution in [0.4, 0.5) is 4.79 Å². The summed E-state index contributed by atoms with van der Waals surface area (Å²) >= 11 is 0. The number of carbonyl (C=O) groups is 1. The predicted molar refractivity (Wildman–Crippen MR) is 62.7 cm³/mol. The number of nitrogens with one attached hydrogen (secondary N) is 1. The number of hydrogen-bond acceptors (Lipinski definition) is 3. The van der Waals surface area contributed by atoms with Crippen LogP contribution in [0.2, 0.25) is 0 Å². The van der Waals surface area contributed by atoms with Gasteiger partial charge in [-0.1, -0.05) is 25.3 Å². The third-order valence-electron chi connectivity index (χ3n) is 1.63. The molecular weight excluding hydrogens is 189 g/mol. The highest BCUT2D eigenvalue weighted by Crippen LogP contribution is 2.00. The molecule has 0 aliphatic carbocycles. The van der Waals surface area contributed by atoms with Crippen molar-refractivity contribution in [3.05, 3.63) is 48.7 Å². The van der Waals surface area contributed by atoms with Gasteiger partial charge in [-0.25, -0.2) is 0 Å². The van der Waals surface area contributed by atoms with Gasteiger partial charge in [0.25, 0.3) is 0 Å². The summed E-state index contributed by atoms with van der Waals surface area (Å²) in [5.41, 5.74) is 1.61. The summed E-state index contributed by atoms with van der Waals surface area (Å²) in [7, 11) is 6.62. The van der Waals surface area contributed by atoms with Crippen molar-refractivity contribution >= 4 is 13.7 Å². The number of likely N-dealkylation sites (N-methyl/N-ethyl adjacent to an activating group) is 1. The zero-order valence-electron chi connectivity index (χ0n) is 8.82. The van der Waals surface area contributed by atoms with E-state index in [9.17, 15) is 4.79 Å². The van der Waals surface area contributed by atoms with Gasteiger partial charge in [-0.2, -0.15) is 0 Å². The molecule has 0 aromatic rings. The van der Waals surface area contributed by atoms with E-state index in [4.69, 9.17) is 7.85 Å². The molecule has 1 N–H and O–H groups in total. The highest BCUT2D eigenvalue weighted by molar-refractivity contribution is 6.55. The van der Waals surface area contributed by atoms with Gasteiger partial charge in [-0.3, -0.25) is 4.79 Å². The van der Waals surface area contributed by atoms with Crippen LogP contribution in [-0.2, 0) is 4.74 Å². The Morgan fingerprint density at radius 2 is 2.07 bits per heavy atom. The van der Waals surface area contributed by atoms with E-state index in [0.717, 1.165) is 11.3 Å². The summed E-state index contributed by atoms with van der Waals surface area (Å²) in [4.78, 5) is 10.4. The number of hydrogen-bond donors (Lipinski definition) is 1. The zero-order valence-corrected chi connectivity index (χ0v) is 8.82. The van der Waals surface area contributed by atoms with Crippen molar-refractivity contribution in [2.45, 2.75) is 0 Å². The lowest BCUT2D eigenvalue weighted by Gasteiger charge is -2.02. The van der Waals surface area contributed by atoms with E-state index in [1.54, 1.807) is 31.4 Å². The van der Waals surface area contributed by atoms with Crippen LogP contribution in [0.25, 0.3) is 0 Å². The molecule has 0 unspecified atom stereocenters. The molecule has 0 aromatic carbocycles. The van der Waals surface area contributed by atoms with Gasteiger partial charge in [0.2, 0.25) is 13.7 Å². The predicted octanol–water partition coefficient (Wildman–Crippen LogP) is 1.69. The minimum atomic E-state index is -0.802. The molecule has 0 aliphatic rings. The van der Waals surface area contributed by atoms with Crippen molar-refractivity contribution in [2.24, 2.45) is 0 Å². The molecule has 0 saturated carbocycles. The average molecular weight is 203 g/mol. The monoisotopic (exact) mass is 203 g/mol. The summed E-state index contributed by atoms with van der Waals surface area (Å²) < 4.78 is 4.62. The van der Waals surface area contributed by atoms with Gasteiger partial charge in [0, 0.05) is 12.7 Å². The molecule has 0 heterocycles. The molecule has 0 amide bonds. The maximum Gasteiger partial charge on any atom is 0.236 e. The SMILES string of the molecule is [B]C(=O)OC/C(C=C)=C/C=C(\C=C)NC. The topological polar surface area (TPSA) is 38.3 Å². The summed E-state index contributed by atoms with van der Waals surface area (Å²) in [6.07, 6.45) is 6.83. The number of ether oxygens (including phenoxy) is 1. The molecular formula is C11H14BNO2. The van der Waals surface area contributed by atoms with Gasteiger partial charge in [0.1, 0.15) is 6.61 Å². The number of carbonyl (C=O) groups excluding carboxylic acids is 1. The molecule has 0 fully saturated rings. The van der Waals surface area contributed by atoms with Crippen molar-refractivity contribution < 1.29 is 9.53 Å². The Morgan fingerprint density at radius 1 is 1.40 bits per heavy atom. The van der Waals surface area contributed by atoms with Gasteiger partial charge in [-0.15, -0.1) is 0 Å². The Hall–Kier alpha value is -1.71. The van der Waals surface area contributed by atoms with Crippen LogP contribution in [0.5, 0.6) is 0 Å². The fourth-order valence-electron chi connectivity index (χ4n) is 0.780. The maximum absolute atomic E-state index is 10.4. The maximum atomic E-state index is 10.4. The van der Waals surface area contributed by atoms with Crippen LogP contribution in [0, 0.1) is 0 Å². The van der Waals surface area contributed by atoms with E-state index >= 15 is 0 Å². The normalized spacial score (nSPS) is 11.8. The van der Waals surface area contributed by atoms with E-state index in [2.05, 4.69) is 23.2 Å². The molecule has 78 valence electrons. The first-order valence-electron chi connectivity index (χ1n) is 4.39. The van der Waals surface area contributed by atoms with Crippen molar-refractivity contribution in [2.75, 3.05) is 13.7 Å². The Labute approximate surface area is 91.6 Å². The lowest BCUT2D eigenvalue weighted by Crippen LogP contribution is -2.04. The second-order valence-electron chi connectivity index (χ2n) is 2.63. The van der Waals surface area contributed by atoms with E-state index in [1.807, 2.05) is 0 Å². The van der Waals surface area contributed by atoms with Crippen molar-refractivity contribution in [1.82, 2.24) is 5.32 Å². The minimum absolute atomic E-state index is 0.115. The van der Waals surface area contributed by atoms with E-state index in [-0.39, 0.29) is 6.61 Å². The summed E-state index contributed by atoms with van der Waals surface area (Å²) in [5.74, 6) is -0.802. The van der Waals surface area contributed by atoms with E-state index < -0.39 is 5.87 Å². The molecule has 0 aromatic heterocycles. The quantitative estimate of drug-likeness (QED) is 0.527. The molecule has 0 spiro atoms. The molecule has 0 bridgehead atoms. The largest absolute Gasteiger partial charge is 0.470 e. The summed E-state index contributed by atoms with van der Waals surface area (Å²) in [5, 5.41) is 2.93. The van der Waals surface area contributed by atoms with E-state index in [0.29, 0.717) is 0 Å². The van der Waals surface area contributed by atoms with Gasteiger partial charge in [0.05, 0.1) is 0 Å². The summed E-state index contributed by atoms with van der Waals surface area (Å²) in [6.45, 7) is 7.33.